The topological polar surface area (TPSA) is 59.1 Å². The molecule has 3 atom stereocenters. The summed E-state index contributed by atoms with van der Waals surface area (Å²) in [6.07, 6.45) is 4.27. The largest absolute Gasteiger partial charge is 0.373 e. The summed E-state index contributed by atoms with van der Waals surface area (Å²) in [5, 5.41) is 9.75. The lowest BCUT2D eigenvalue weighted by Crippen LogP contribution is -2.31. The molecular weight excluding hydrogens is 260 g/mol. The van der Waals surface area contributed by atoms with E-state index in [4.69, 9.17) is 4.74 Å². The molecule has 2 fully saturated rings. The van der Waals surface area contributed by atoms with E-state index in [1.165, 1.54) is 12.8 Å². The highest BCUT2D eigenvalue weighted by atomic mass is 32.1. The summed E-state index contributed by atoms with van der Waals surface area (Å²) in [6, 6.07) is 2.47. The summed E-state index contributed by atoms with van der Waals surface area (Å²) in [5.41, 5.74) is 0. The maximum atomic E-state index is 5.89. The number of thiophene rings is 1. The van der Waals surface area contributed by atoms with Gasteiger partial charge in [-0.15, -0.1) is 11.3 Å². The summed E-state index contributed by atoms with van der Waals surface area (Å²) < 4.78 is 5.89. The highest BCUT2D eigenvalue weighted by Crippen LogP contribution is 2.37. The van der Waals surface area contributed by atoms with E-state index in [0.717, 1.165) is 22.5 Å². The van der Waals surface area contributed by atoms with Crippen molar-refractivity contribution in [1.82, 2.24) is 9.97 Å². The van der Waals surface area contributed by atoms with E-state index in [1.807, 2.05) is 7.05 Å². The lowest BCUT2D eigenvalue weighted by Gasteiger charge is -2.21. The minimum Gasteiger partial charge on any atom is -0.373 e. The zero-order valence-corrected chi connectivity index (χ0v) is 11.5. The molecule has 0 aliphatic carbocycles. The van der Waals surface area contributed by atoms with Crippen LogP contribution in [-0.2, 0) is 4.74 Å². The van der Waals surface area contributed by atoms with Gasteiger partial charge in [-0.05, 0) is 30.7 Å². The van der Waals surface area contributed by atoms with Gasteiger partial charge >= 0.3 is 0 Å². The number of rotatable bonds is 3. The Hall–Kier alpha value is -1.40. The van der Waals surface area contributed by atoms with Crippen molar-refractivity contribution in [3.8, 4) is 0 Å². The summed E-state index contributed by atoms with van der Waals surface area (Å²) >= 11 is 1.64. The third kappa shape index (κ3) is 1.86. The minimum absolute atomic E-state index is 0.353. The molecule has 5 nitrogen and oxygen atoms in total. The molecule has 3 unspecified atom stereocenters. The zero-order chi connectivity index (χ0) is 12.8. The van der Waals surface area contributed by atoms with Crippen molar-refractivity contribution < 1.29 is 4.74 Å². The van der Waals surface area contributed by atoms with Gasteiger partial charge in [-0.3, -0.25) is 0 Å². The monoisotopic (exact) mass is 276 g/mol. The lowest BCUT2D eigenvalue weighted by molar-refractivity contribution is 0.102. The highest BCUT2D eigenvalue weighted by molar-refractivity contribution is 7.16. The Balaban J connectivity index is 1.68. The summed E-state index contributed by atoms with van der Waals surface area (Å²) in [6.45, 7) is 0. The SMILES string of the molecule is CNc1nc(NC2CC3CCC2O3)c2ccsc2n1. The second-order valence-corrected chi connectivity index (χ2v) is 6.04. The van der Waals surface area contributed by atoms with Crippen LogP contribution in [0.1, 0.15) is 19.3 Å². The fraction of sp³-hybridized carbons (Fsp3) is 0.538. The molecule has 0 saturated carbocycles. The smallest absolute Gasteiger partial charge is 0.225 e. The van der Waals surface area contributed by atoms with E-state index in [2.05, 4.69) is 32.0 Å². The van der Waals surface area contributed by atoms with Crippen LogP contribution in [0.5, 0.6) is 0 Å². The number of nitrogens with zero attached hydrogens (tertiary/aromatic N) is 2. The number of ether oxygens (including phenoxy) is 1. The van der Waals surface area contributed by atoms with Gasteiger partial charge in [-0.1, -0.05) is 0 Å². The van der Waals surface area contributed by atoms with Crippen LogP contribution in [0.2, 0.25) is 0 Å². The number of nitrogens with one attached hydrogen (secondary N) is 2. The Bertz CT molecular complexity index is 614. The highest BCUT2D eigenvalue weighted by Gasteiger charge is 2.41. The molecule has 6 heteroatoms. The standard InChI is InChI=1S/C13H16N4OS/c1-14-13-16-11(8-4-5-19-12(8)17-13)15-9-6-7-2-3-10(9)18-7/h4-5,7,9-10H,2-3,6H2,1H3,(H2,14,15,16,17). The van der Waals surface area contributed by atoms with E-state index >= 15 is 0 Å². The molecule has 4 rings (SSSR count). The lowest BCUT2D eigenvalue weighted by atomic mass is 9.95. The van der Waals surface area contributed by atoms with Crippen LogP contribution in [0, 0.1) is 0 Å². The van der Waals surface area contributed by atoms with E-state index in [0.29, 0.717) is 24.2 Å². The van der Waals surface area contributed by atoms with Gasteiger partial charge in [0.2, 0.25) is 5.95 Å². The van der Waals surface area contributed by atoms with Gasteiger partial charge in [0.05, 0.1) is 23.6 Å². The van der Waals surface area contributed by atoms with E-state index in [-0.39, 0.29) is 0 Å². The first-order valence-electron chi connectivity index (χ1n) is 6.68. The molecule has 2 bridgehead atoms. The summed E-state index contributed by atoms with van der Waals surface area (Å²) in [7, 11) is 1.85. The maximum absolute atomic E-state index is 5.89. The Morgan fingerprint density at radius 1 is 1.37 bits per heavy atom. The Morgan fingerprint density at radius 3 is 3.05 bits per heavy atom. The molecule has 0 amide bonds. The van der Waals surface area contributed by atoms with Crippen molar-refractivity contribution in [3.05, 3.63) is 11.4 Å². The minimum atomic E-state index is 0.353. The van der Waals surface area contributed by atoms with Crippen molar-refractivity contribution in [1.29, 1.82) is 0 Å². The molecule has 4 heterocycles. The van der Waals surface area contributed by atoms with Gasteiger partial charge in [0.25, 0.3) is 0 Å². The first-order chi connectivity index (χ1) is 9.33. The predicted octanol–water partition coefficient (Wildman–Crippen LogP) is 2.46. The zero-order valence-electron chi connectivity index (χ0n) is 10.7. The van der Waals surface area contributed by atoms with Crippen LogP contribution < -0.4 is 10.6 Å². The van der Waals surface area contributed by atoms with Crippen LogP contribution in [0.3, 0.4) is 0 Å². The number of hydrogen-bond acceptors (Lipinski definition) is 6. The normalized spacial score (nSPS) is 29.0. The van der Waals surface area contributed by atoms with E-state index < -0.39 is 0 Å². The van der Waals surface area contributed by atoms with Crippen molar-refractivity contribution >= 4 is 33.3 Å². The third-order valence-electron chi connectivity index (χ3n) is 3.98. The predicted molar refractivity (Wildman–Crippen MR) is 76.9 cm³/mol. The Morgan fingerprint density at radius 2 is 2.32 bits per heavy atom. The molecule has 2 aromatic rings. The van der Waals surface area contributed by atoms with Gasteiger partial charge in [0.15, 0.2) is 0 Å². The molecule has 2 aromatic heterocycles. The van der Waals surface area contributed by atoms with Gasteiger partial charge in [-0.2, -0.15) is 4.98 Å². The van der Waals surface area contributed by atoms with E-state index in [1.54, 1.807) is 11.3 Å². The number of aromatic nitrogens is 2. The molecule has 100 valence electrons. The summed E-state index contributed by atoms with van der Waals surface area (Å²) in [5.74, 6) is 1.60. The first-order valence-corrected chi connectivity index (χ1v) is 7.56. The molecule has 2 aliphatic rings. The van der Waals surface area contributed by atoms with Crippen molar-refractivity contribution in [2.24, 2.45) is 0 Å². The first kappa shape index (κ1) is 11.4. The molecule has 2 saturated heterocycles. The second kappa shape index (κ2) is 4.31. The second-order valence-electron chi connectivity index (χ2n) is 5.15. The van der Waals surface area contributed by atoms with Crippen molar-refractivity contribution in [3.63, 3.8) is 0 Å². The van der Waals surface area contributed by atoms with Gasteiger partial charge < -0.3 is 15.4 Å². The third-order valence-corrected chi connectivity index (χ3v) is 4.78. The number of anilines is 2. The number of hydrogen-bond donors (Lipinski definition) is 2. The average molecular weight is 276 g/mol. The molecule has 19 heavy (non-hydrogen) atoms. The van der Waals surface area contributed by atoms with Crippen LogP contribution in [-0.4, -0.2) is 35.3 Å². The molecular formula is C13H16N4OS. The van der Waals surface area contributed by atoms with Crippen LogP contribution in [0.4, 0.5) is 11.8 Å². The fourth-order valence-corrected chi connectivity index (χ4v) is 3.81. The Labute approximate surface area is 115 Å². The molecule has 0 spiro atoms. The molecule has 2 aliphatic heterocycles. The van der Waals surface area contributed by atoms with Gasteiger partial charge in [0, 0.05) is 7.05 Å². The fourth-order valence-electron chi connectivity index (χ4n) is 3.04. The Kier molecular flexibility index (Phi) is 2.60. The van der Waals surface area contributed by atoms with Crippen molar-refractivity contribution in [2.75, 3.05) is 17.7 Å². The summed E-state index contributed by atoms with van der Waals surface area (Å²) in [4.78, 5) is 10.0. The van der Waals surface area contributed by atoms with Gasteiger partial charge in [0.1, 0.15) is 10.6 Å². The van der Waals surface area contributed by atoms with Gasteiger partial charge in [-0.25, -0.2) is 4.98 Å². The quantitative estimate of drug-likeness (QED) is 0.902. The van der Waals surface area contributed by atoms with Crippen LogP contribution >= 0.6 is 11.3 Å². The van der Waals surface area contributed by atoms with Crippen LogP contribution in [0.15, 0.2) is 11.4 Å². The molecule has 2 N–H and O–H groups in total. The molecule has 0 radical (unpaired) electrons. The molecule has 0 aromatic carbocycles. The average Bonchev–Trinajstić information content (AvgIpc) is 3.13. The van der Waals surface area contributed by atoms with E-state index in [9.17, 15) is 0 Å². The number of fused-ring (bicyclic) bond motifs is 3. The van der Waals surface area contributed by atoms with Crippen LogP contribution in [0.25, 0.3) is 10.2 Å². The van der Waals surface area contributed by atoms with Crippen molar-refractivity contribution in [2.45, 2.75) is 37.5 Å². The maximum Gasteiger partial charge on any atom is 0.225 e.